The van der Waals surface area contributed by atoms with Crippen LogP contribution in [0.1, 0.15) is 178 Å². The summed E-state index contributed by atoms with van der Waals surface area (Å²) in [6.07, 6.45) is 4.94. The number of ketones is 4. The number of hydrogen-bond acceptors (Lipinski definition) is 12. The first-order chi connectivity index (χ1) is 24.9. The molecule has 0 heterocycles. The molecule has 2 unspecified atom stereocenters. The highest BCUT2D eigenvalue weighted by Gasteiger charge is 2.21. The number of nitrogens with zero attached hydrogens (tertiary/aromatic N) is 3. The van der Waals surface area contributed by atoms with Crippen molar-refractivity contribution in [3.8, 4) is 18.2 Å². The van der Waals surface area contributed by atoms with E-state index in [2.05, 4.69) is 12.1 Å². The maximum atomic E-state index is 11.5. The number of carboxylic acid groups (broad SMARTS) is 1. The maximum Gasteiger partial charge on any atom is 0.303 e. The molecular weight excluding hydrogens is 767 g/mol. The molecule has 0 aromatic carbocycles. The first kappa shape index (κ1) is 84.0. The van der Waals surface area contributed by atoms with Crippen molar-refractivity contribution in [2.45, 2.75) is 178 Å². The highest BCUT2D eigenvalue weighted by Crippen LogP contribution is 2.22. The van der Waals surface area contributed by atoms with E-state index in [1.54, 1.807) is 42.3 Å². The van der Waals surface area contributed by atoms with Crippen LogP contribution in [-0.4, -0.2) is 89.1 Å². The Morgan fingerprint density at radius 2 is 0.817 bits per heavy atom. The summed E-state index contributed by atoms with van der Waals surface area (Å²) in [4.78, 5) is 54.0. The summed E-state index contributed by atoms with van der Waals surface area (Å²) in [6.45, 7) is 20.4. The second kappa shape index (κ2) is 51.6. The lowest BCUT2D eigenvalue weighted by Crippen LogP contribution is -2.19. The maximum absolute atomic E-state index is 11.5. The van der Waals surface area contributed by atoms with Gasteiger partial charge in [0, 0.05) is 85.2 Å². The second-order valence-electron chi connectivity index (χ2n) is 14.8. The quantitative estimate of drug-likeness (QED) is 0.101. The van der Waals surface area contributed by atoms with E-state index in [1.807, 2.05) is 61.5 Å². The van der Waals surface area contributed by atoms with Crippen molar-refractivity contribution in [3.63, 3.8) is 0 Å². The Morgan fingerprint density at radius 1 is 0.500 bits per heavy atom. The van der Waals surface area contributed by atoms with Crippen molar-refractivity contribution in [1.29, 1.82) is 15.8 Å². The van der Waals surface area contributed by atoms with Crippen LogP contribution in [0.2, 0.25) is 0 Å². The van der Waals surface area contributed by atoms with Crippen molar-refractivity contribution in [2.24, 2.45) is 28.1 Å². The van der Waals surface area contributed by atoms with Crippen molar-refractivity contribution in [3.05, 3.63) is 0 Å². The predicted octanol–water partition coefficient (Wildman–Crippen LogP) is 11.6. The Labute approximate surface area is 371 Å². The summed E-state index contributed by atoms with van der Waals surface area (Å²) >= 11 is 0. The van der Waals surface area contributed by atoms with Crippen molar-refractivity contribution in [2.75, 3.05) is 54.9 Å². The Bertz CT molecular complexity index is 1160. The second-order valence-corrected chi connectivity index (χ2v) is 14.8. The number of Topliss-reactive ketones (excluding diaryl/α,β-unsaturated/α-hetero) is 4. The number of rotatable bonds is 23. The van der Waals surface area contributed by atoms with E-state index < -0.39 is 16.8 Å². The molecule has 0 spiro atoms. The van der Waals surface area contributed by atoms with Gasteiger partial charge in [0.2, 0.25) is 0 Å². The Kier molecular flexibility index (Phi) is 72.3. The van der Waals surface area contributed by atoms with Crippen LogP contribution in [0.15, 0.2) is 0 Å². The average Bonchev–Trinajstić information content (AvgIpc) is 3.14. The molecule has 0 saturated heterocycles. The molecule has 1 N–H and O–H groups in total. The van der Waals surface area contributed by atoms with Crippen LogP contribution >= 0.6 is 0 Å². The molecule has 0 bridgehead atoms. The number of nitriles is 3. The van der Waals surface area contributed by atoms with E-state index in [0.29, 0.717) is 84.2 Å². The lowest BCUT2D eigenvalue weighted by Gasteiger charge is -2.15. The Hall–Kier alpha value is -3.54. The summed E-state index contributed by atoms with van der Waals surface area (Å²) in [5.74, 6) is 0.0573. The lowest BCUT2D eigenvalue weighted by atomic mass is 9.87. The number of carbonyl (C=O) groups is 5. The van der Waals surface area contributed by atoms with Gasteiger partial charge in [0.15, 0.2) is 0 Å². The number of ether oxygens (including phenoxy) is 4. The summed E-state index contributed by atoms with van der Waals surface area (Å²) < 4.78 is 19.2. The van der Waals surface area contributed by atoms with Crippen LogP contribution < -0.4 is 0 Å². The van der Waals surface area contributed by atoms with Gasteiger partial charge >= 0.3 is 5.97 Å². The smallest absolute Gasteiger partial charge is 0.303 e. The van der Waals surface area contributed by atoms with Gasteiger partial charge in [-0.15, -0.1) is 0 Å². The van der Waals surface area contributed by atoms with Crippen LogP contribution in [0.25, 0.3) is 0 Å². The number of carboxylic acids is 1. The highest BCUT2D eigenvalue weighted by molar-refractivity contribution is 5.81. The van der Waals surface area contributed by atoms with Gasteiger partial charge in [0.1, 0.15) is 23.1 Å². The SMILES string of the molecule is C.C.C.C.C.C.CC(C)(C#N)CCC(=O)O.CCC(=O)C(C)COC.CCC(=O)CCOC.COCC(C)C(=O)CCC(C)(C)C#N.COCCC(=O)CCC(C)(C)C#N. The molecule has 0 aliphatic rings. The van der Waals surface area contributed by atoms with E-state index in [4.69, 9.17) is 39.8 Å². The zero-order valence-electron chi connectivity index (χ0n) is 36.0. The van der Waals surface area contributed by atoms with E-state index in [0.717, 1.165) is 0 Å². The topological polar surface area (TPSA) is 214 Å². The molecule has 60 heavy (non-hydrogen) atoms. The fourth-order valence-electron chi connectivity index (χ4n) is 3.49. The van der Waals surface area contributed by atoms with Gasteiger partial charge in [-0.25, -0.2) is 0 Å². The molecule has 0 aliphatic carbocycles. The summed E-state index contributed by atoms with van der Waals surface area (Å²) in [5.41, 5.74) is -1.29. The molecule has 0 fully saturated rings. The summed E-state index contributed by atoms with van der Waals surface area (Å²) in [6, 6.07) is 6.39. The molecule has 2 atom stereocenters. The van der Waals surface area contributed by atoms with Gasteiger partial charge in [0.25, 0.3) is 0 Å². The molecule has 0 radical (unpaired) electrons. The van der Waals surface area contributed by atoms with Gasteiger partial charge in [-0.2, -0.15) is 15.8 Å². The lowest BCUT2D eigenvalue weighted by molar-refractivity contribution is -0.137. The zero-order chi connectivity index (χ0) is 43.4. The van der Waals surface area contributed by atoms with Crippen LogP contribution in [0, 0.1) is 62.1 Å². The van der Waals surface area contributed by atoms with Gasteiger partial charge in [-0.05, 0) is 60.8 Å². The first-order valence-electron chi connectivity index (χ1n) is 18.5. The third-order valence-corrected chi connectivity index (χ3v) is 7.74. The fraction of sp³-hybridized carbons (Fsp3) is 0.830. The van der Waals surface area contributed by atoms with Crippen LogP contribution in [0.5, 0.6) is 0 Å². The van der Waals surface area contributed by atoms with Crippen LogP contribution in [0.3, 0.4) is 0 Å². The zero-order valence-corrected chi connectivity index (χ0v) is 36.0. The third kappa shape index (κ3) is 63.6. The van der Waals surface area contributed by atoms with Crippen LogP contribution in [0.4, 0.5) is 0 Å². The molecule has 0 saturated carbocycles. The highest BCUT2D eigenvalue weighted by atomic mass is 16.5. The Balaban J connectivity index is -0.0000000550. The number of hydrogen-bond donors (Lipinski definition) is 1. The minimum absolute atomic E-state index is 0. The summed E-state index contributed by atoms with van der Waals surface area (Å²) in [7, 11) is 6.37. The molecule has 0 aliphatic heterocycles. The van der Waals surface area contributed by atoms with Crippen molar-refractivity contribution < 1.29 is 48.0 Å². The summed E-state index contributed by atoms with van der Waals surface area (Å²) in [5, 5.41) is 34.2. The molecule has 360 valence electrons. The minimum Gasteiger partial charge on any atom is -0.481 e. The van der Waals surface area contributed by atoms with Crippen molar-refractivity contribution >= 4 is 29.1 Å². The van der Waals surface area contributed by atoms with E-state index >= 15 is 0 Å². The largest absolute Gasteiger partial charge is 0.481 e. The van der Waals surface area contributed by atoms with E-state index in [9.17, 15) is 24.0 Å². The average molecular weight is 864 g/mol. The molecular formula is C47H97N3O10. The number of carbonyl (C=O) groups excluding carboxylic acids is 4. The van der Waals surface area contributed by atoms with Gasteiger partial charge in [0.05, 0.1) is 60.9 Å². The molecule has 0 aromatic rings. The van der Waals surface area contributed by atoms with Gasteiger partial charge < -0.3 is 24.1 Å². The van der Waals surface area contributed by atoms with Crippen molar-refractivity contribution in [1.82, 2.24) is 0 Å². The number of methoxy groups -OCH3 is 4. The molecule has 0 rings (SSSR count). The van der Waals surface area contributed by atoms with Crippen LogP contribution in [-0.2, 0) is 42.9 Å². The standard InChI is InChI=1S/C11H19NO2.C10H17NO2.C7H11NO2.C7H14O2.C6H12O2.6CH4/c1-9(7-14-4)10(13)5-6-11(2,3)8-12;1-10(2,8-11)6-4-9(12)5-7-13-3;1-7(2,5-8)4-3-6(9)10;1-4-7(8)6(2)5-9-3;1-3-6(7)4-5-8-2;;;;;;/h9H,5-7H2,1-4H3;4-7H2,1-3H3;3-4H2,1-2H3,(H,9,10);6H,4-5H2,1-3H3;3-5H2,1-2H3;6*1H4. The molecule has 0 amide bonds. The molecule has 0 aromatic heterocycles. The predicted molar refractivity (Wildman–Crippen MR) is 250 cm³/mol. The van der Waals surface area contributed by atoms with Gasteiger partial charge in [-0.1, -0.05) is 72.3 Å². The third-order valence-electron chi connectivity index (χ3n) is 7.74. The molecule has 13 nitrogen and oxygen atoms in total. The van der Waals surface area contributed by atoms with E-state index in [1.165, 1.54) is 0 Å². The normalized spacial score (nSPS) is 10.4. The van der Waals surface area contributed by atoms with E-state index in [-0.39, 0.29) is 91.4 Å². The molecule has 13 heteroatoms. The number of aliphatic carboxylic acids is 1. The minimum atomic E-state index is -0.844. The Morgan fingerprint density at radius 3 is 1.10 bits per heavy atom. The monoisotopic (exact) mass is 864 g/mol. The first-order valence-corrected chi connectivity index (χ1v) is 18.5. The van der Waals surface area contributed by atoms with Gasteiger partial charge in [-0.3, -0.25) is 24.0 Å². The fourth-order valence-corrected chi connectivity index (χ4v) is 3.49.